The van der Waals surface area contributed by atoms with E-state index >= 15 is 0 Å². The second kappa shape index (κ2) is 17.9. The minimum Gasteiger partial charge on any atom is -0.455 e. The third kappa shape index (κ3) is 10.0. The van der Waals surface area contributed by atoms with Crippen molar-refractivity contribution >= 4 is 65.3 Å². The highest BCUT2D eigenvalue weighted by Crippen LogP contribution is 2.44. The number of hydrogen-bond acceptors (Lipinski definition) is 11. The maximum Gasteiger partial charge on any atom is 0.501 e. The minimum atomic E-state index is -6.03. The lowest BCUT2D eigenvalue weighted by Crippen LogP contribution is -2.47. The molecule has 62 heavy (non-hydrogen) atoms. The fraction of sp³-hybridized carbons (Fsp3) is 0.349. The maximum atomic E-state index is 13.9. The van der Waals surface area contributed by atoms with E-state index in [0.717, 1.165) is 51.0 Å². The molecule has 2 aromatic heterocycles. The molecule has 0 spiro atoms. The summed E-state index contributed by atoms with van der Waals surface area (Å²) in [6.07, 6.45) is 6.20. The van der Waals surface area contributed by atoms with Gasteiger partial charge in [-0.25, -0.2) is 26.5 Å². The third-order valence-electron chi connectivity index (χ3n) is 11.0. The lowest BCUT2D eigenvalue weighted by molar-refractivity contribution is -0.0435. The van der Waals surface area contributed by atoms with E-state index in [9.17, 15) is 34.8 Å². The summed E-state index contributed by atoms with van der Waals surface area (Å²) in [6.45, 7) is 8.14. The highest BCUT2D eigenvalue weighted by Gasteiger charge is 2.48. The number of hydrogen-bond donors (Lipinski definition) is 3. The Balaban J connectivity index is 1.14. The average molecular weight is 915 g/mol. The van der Waals surface area contributed by atoms with Crippen LogP contribution in [0.3, 0.4) is 0 Å². The Kier molecular flexibility index (Phi) is 13.0. The van der Waals surface area contributed by atoms with Gasteiger partial charge in [-0.3, -0.25) is 9.69 Å². The Labute approximate surface area is 363 Å². The molecule has 0 radical (unpaired) electrons. The summed E-state index contributed by atoms with van der Waals surface area (Å²) in [5.41, 5.74) is -1.01. The molecule has 5 aromatic rings. The molecule has 0 unspecified atom stereocenters. The number of benzene rings is 3. The quantitative estimate of drug-likeness (QED) is 0.0920. The number of halogens is 4. The number of carbonyl (C=O) groups is 1. The zero-order valence-electron chi connectivity index (χ0n) is 34.2. The van der Waals surface area contributed by atoms with E-state index < -0.39 is 46.8 Å². The van der Waals surface area contributed by atoms with Crippen molar-refractivity contribution in [2.24, 2.45) is 5.41 Å². The number of methoxy groups -OCH3 is 1. The number of aromatic amines is 1. The van der Waals surface area contributed by atoms with Gasteiger partial charge >= 0.3 is 5.51 Å². The first-order valence-electron chi connectivity index (χ1n) is 19.8. The minimum absolute atomic E-state index is 0.0138. The van der Waals surface area contributed by atoms with E-state index in [1.54, 1.807) is 30.5 Å². The molecule has 0 bridgehead atoms. The van der Waals surface area contributed by atoms with Crippen molar-refractivity contribution in [1.29, 1.82) is 0 Å². The molecule has 1 aliphatic heterocycles. The number of pyridine rings is 1. The third-order valence-corrected chi connectivity index (χ3v) is 14.2. The zero-order valence-corrected chi connectivity index (χ0v) is 36.6. The van der Waals surface area contributed by atoms with Crippen LogP contribution in [0.4, 0.5) is 24.5 Å². The molecule has 19 heteroatoms. The fourth-order valence-electron chi connectivity index (χ4n) is 7.67. The van der Waals surface area contributed by atoms with Crippen LogP contribution in [0.1, 0.15) is 49.0 Å². The van der Waals surface area contributed by atoms with Gasteiger partial charge in [0.15, 0.2) is 0 Å². The molecule has 3 N–H and O–H groups in total. The van der Waals surface area contributed by atoms with Gasteiger partial charge in [-0.05, 0) is 90.4 Å². The first-order chi connectivity index (χ1) is 29.3. The number of sulfonamides is 1. The number of aromatic nitrogens is 2. The van der Waals surface area contributed by atoms with E-state index in [4.69, 9.17) is 21.1 Å². The van der Waals surface area contributed by atoms with E-state index in [2.05, 4.69) is 51.1 Å². The molecule has 2 aliphatic rings. The van der Waals surface area contributed by atoms with Gasteiger partial charge in [0, 0.05) is 74.7 Å². The molecule has 1 fully saturated rings. The number of piperazine rings is 1. The van der Waals surface area contributed by atoms with E-state index in [-0.39, 0.29) is 35.6 Å². The lowest BCUT2D eigenvalue weighted by Gasteiger charge is -2.39. The van der Waals surface area contributed by atoms with Crippen molar-refractivity contribution in [2.45, 2.75) is 48.4 Å². The van der Waals surface area contributed by atoms with Crippen molar-refractivity contribution in [2.75, 3.05) is 63.2 Å². The van der Waals surface area contributed by atoms with Crippen molar-refractivity contribution in [1.82, 2.24) is 19.6 Å². The number of rotatable bonds is 14. The van der Waals surface area contributed by atoms with Crippen molar-refractivity contribution < 1.29 is 44.3 Å². The highest BCUT2D eigenvalue weighted by molar-refractivity contribution is 7.92. The molecule has 0 atom stereocenters. The Morgan fingerprint density at radius 2 is 1.71 bits per heavy atom. The number of fused-ring (bicyclic) bond motifs is 1. The summed E-state index contributed by atoms with van der Waals surface area (Å²) in [4.78, 5) is 23.5. The first-order valence-corrected chi connectivity index (χ1v) is 23.1. The van der Waals surface area contributed by atoms with E-state index in [0.29, 0.717) is 40.9 Å². The topological polar surface area (TPSA) is 163 Å². The zero-order chi connectivity index (χ0) is 44.5. The Morgan fingerprint density at radius 1 is 0.968 bits per heavy atom. The van der Waals surface area contributed by atoms with Crippen molar-refractivity contribution in [3.63, 3.8) is 0 Å². The first kappa shape index (κ1) is 44.9. The van der Waals surface area contributed by atoms with Crippen LogP contribution < -0.4 is 19.7 Å². The molecular formula is C43H46ClF3N6O7S2. The summed E-state index contributed by atoms with van der Waals surface area (Å²) in [6, 6.07) is 18.3. The van der Waals surface area contributed by atoms with Gasteiger partial charge in [0.2, 0.25) is 0 Å². The number of allylic oxidation sites excluding steroid dienone is 1. The van der Waals surface area contributed by atoms with Crippen molar-refractivity contribution in [3.05, 3.63) is 107 Å². The number of carbonyl (C=O) groups excluding carboxylic acids is 1. The van der Waals surface area contributed by atoms with Crippen LogP contribution in [0, 0.1) is 5.41 Å². The predicted molar refractivity (Wildman–Crippen MR) is 232 cm³/mol. The average Bonchev–Trinajstić information content (AvgIpc) is 3.70. The summed E-state index contributed by atoms with van der Waals surface area (Å²) < 4.78 is 107. The Hall–Kier alpha value is -5.14. The molecule has 7 rings (SSSR count). The standard InChI is InChI=1S/C43H46ClF3N6O7S2/c1-42(2)14-12-30(36(25-42)28-4-6-31(44)7-5-28)27-52-17-19-53(20-18-52)32-8-10-35(38(23-32)60-33-22-29-13-15-49-40(29)50-26-33)41(54)51-62(57,58)34-9-11-37(48-16-21-59-3)39(24-34)61(55,56)43(45,46)47/h4-11,13,15,22-24,26,48H,12,14,16-21,25,27H2,1-3H3,(H,49,50)(H,51,54). The normalized spacial score (nSPS) is 16.4. The van der Waals surface area contributed by atoms with Gasteiger partial charge in [0.1, 0.15) is 22.0 Å². The van der Waals surface area contributed by atoms with Crippen LogP contribution in [-0.4, -0.2) is 96.1 Å². The van der Waals surface area contributed by atoms with Gasteiger partial charge in [-0.15, -0.1) is 0 Å². The largest absolute Gasteiger partial charge is 0.501 e. The number of alkyl halides is 3. The van der Waals surface area contributed by atoms with Gasteiger partial charge in [-0.2, -0.15) is 13.2 Å². The molecule has 1 amide bonds. The predicted octanol–water partition coefficient (Wildman–Crippen LogP) is 8.27. The van der Waals surface area contributed by atoms with Gasteiger partial charge < -0.3 is 24.7 Å². The lowest BCUT2D eigenvalue weighted by atomic mass is 9.72. The second-order valence-electron chi connectivity index (χ2n) is 16.0. The molecule has 3 aromatic carbocycles. The monoisotopic (exact) mass is 914 g/mol. The number of nitrogens with one attached hydrogen (secondary N) is 3. The van der Waals surface area contributed by atoms with Crippen LogP contribution in [0.2, 0.25) is 5.02 Å². The Morgan fingerprint density at radius 3 is 2.42 bits per heavy atom. The number of anilines is 2. The second-order valence-corrected chi connectivity index (χ2v) is 20.1. The maximum absolute atomic E-state index is 13.9. The van der Waals surface area contributed by atoms with Crippen LogP contribution in [0.25, 0.3) is 16.6 Å². The number of sulfone groups is 1. The molecule has 1 aliphatic carbocycles. The molecule has 3 heterocycles. The van der Waals surface area contributed by atoms with Gasteiger partial charge in [-0.1, -0.05) is 43.2 Å². The van der Waals surface area contributed by atoms with E-state index in [1.807, 2.05) is 16.9 Å². The van der Waals surface area contributed by atoms with E-state index in [1.165, 1.54) is 36.1 Å². The SMILES string of the molecule is COCCNc1ccc(S(=O)(=O)NC(=O)c2ccc(N3CCN(CC4=C(c5ccc(Cl)cc5)CC(C)(C)CC4)CC3)cc2Oc2cnc3[nH]ccc3c2)cc1S(=O)(=O)C(F)(F)F. The molecule has 1 saturated heterocycles. The number of H-pyrrole nitrogens is 1. The number of ether oxygens (including phenoxy) is 2. The Bertz CT molecular complexity index is 2720. The van der Waals surface area contributed by atoms with Gasteiger partial charge in [0.25, 0.3) is 25.8 Å². The fourth-order valence-corrected chi connectivity index (χ4v) is 9.82. The number of amides is 1. The molecular weight excluding hydrogens is 869 g/mol. The molecule has 330 valence electrons. The summed E-state index contributed by atoms with van der Waals surface area (Å²) in [5.74, 6) is -0.945. The van der Waals surface area contributed by atoms with Crippen LogP contribution in [0.15, 0.2) is 101 Å². The molecule has 13 nitrogen and oxygen atoms in total. The van der Waals surface area contributed by atoms with Crippen LogP contribution in [-0.2, 0) is 24.6 Å². The van der Waals surface area contributed by atoms with Crippen LogP contribution >= 0.6 is 11.6 Å². The van der Waals surface area contributed by atoms with Gasteiger partial charge in [0.05, 0.1) is 29.0 Å². The highest BCUT2D eigenvalue weighted by atomic mass is 35.5. The smallest absolute Gasteiger partial charge is 0.455 e. The summed E-state index contributed by atoms with van der Waals surface area (Å²) in [5, 5.41) is 3.93. The number of nitrogens with zero attached hydrogens (tertiary/aromatic N) is 3. The summed E-state index contributed by atoms with van der Waals surface area (Å²) in [7, 11) is -9.64. The van der Waals surface area contributed by atoms with Crippen molar-refractivity contribution in [3.8, 4) is 11.5 Å². The molecule has 0 saturated carbocycles. The van der Waals surface area contributed by atoms with Crippen LogP contribution in [0.5, 0.6) is 11.5 Å². The summed E-state index contributed by atoms with van der Waals surface area (Å²) >= 11 is 6.22.